The maximum atomic E-state index is 5.65. The van der Waals surface area contributed by atoms with Crippen molar-refractivity contribution in [3.63, 3.8) is 0 Å². The van der Waals surface area contributed by atoms with Gasteiger partial charge in [0.25, 0.3) is 0 Å². The molecule has 3 heteroatoms. The molecule has 0 amide bonds. The number of nitrogens with zero attached hydrogens (tertiary/aromatic N) is 2. The number of piperidine rings is 1. The summed E-state index contributed by atoms with van der Waals surface area (Å²) < 4.78 is 0. The van der Waals surface area contributed by atoms with Crippen LogP contribution in [-0.2, 0) is 6.54 Å². The Morgan fingerprint density at radius 1 is 1.00 bits per heavy atom. The van der Waals surface area contributed by atoms with Crippen molar-refractivity contribution in [3.05, 3.63) is 29.8 Å². The first-order chi connectivity index (χ1) is 9.36. The van der Waals surface area contributed by atoms with Crippen molar-refractivity contribution in [2.75, 3.05) is 31.1 Å². The van der Waals surface area contributed by atoms with Gasteiger partial charge in [-0.25, -0.2) is 0 Å². The summed E-state index contributed by atoms with van der Waals surface area (Å²) in [7, 11) is 0. The standard InChI is InChI=1S/C16H25N3/c17-12-14-4-6-15(7-5-14)19-11-8-16(13-19)18-9-2-1-3-10-18/h4-7,16H,1-3,8-13,17H2. The maximum Gasteiger partial charge on any atom is 0.0366 e. The molecule has 0 radical (unpaired) electrons. The van der Waals surface area contributed by atoms with Gasteiger partial charge >= 0.3 is 0 Å². The van der Waals surface area contributed by atoms with Crippen molar-refractivity contribution in [3.8, 4) is 0 Å². The topological polar surface area (TPSA) is 32.5 Å². The smallest absolute Gasteiger partial charge is 0.0366 e. The molecular weight excluding hydrogens is 234 g/mol. The number of benzene rings is 1. The van der Waals surface area contributed by atoms with Crippen LogP contribution in [-0.4, -0.2) is 37.1 Å². The first-order valence-electron chi connectivity index (χ1n) is 7.65. The van der Waals surface area contributed by atoms with E-state index in [1.807, 2.05) is 0 Å². The van der Waals surface area contributed by atoms with Crippen molar-refractivity contribution in [2.24, 2.45) is 5.73 Å². The second kappa shape index (κ2) is 5.93. The van der Waals surface area contributed by atoms with E-state index in [4.69, 9.17) is 5.73 Å². The monoisotopic (exact) mass is 259 g/mol. The molecule has 2 N–H and O–H groups in total. The lowest BCUT2D eigenvalue weighted by Gasteiger charge is -2.32. The molecule has 19 heavy (non-hydrogen) atoms. The number of hydrogen-bond acceptors (Lipinski definition) is 3. The van der Waals surface area contributed by atoms with E-state index >= 15 is 0 Å². The van der Waals surface area contributed by atoms with Gasteiger partial charge in [0, 0.05) is 31.4 Å². The number of likely N-dealkylation sites (tertiary alicyclic amines) is 1. The van der Waals surface area contributed by atoms with Gasteiger partial charge in [0.1, 0.15) is 0 Å². The van der Waals surface area contributed by atoms with Gasteiger partial charge in [-0.2, -0.15) is 0 Å². The highest BCUT2D eigenvalue weighted by molar-refractivity contribution is 5.48. The van der Waals surface area contributed by atoms with E-state index in [1.54, 1.807) is 0 Å². The van der Waals surface area contributed by atoms with Crippen LogP contribution < -0.4 is 10.6 Å². The van der Waals surface area contributed by atoms with Gasteiger partial charge < -0.3 is 10.6 Å². The summed E-state index contributed by atoms with van der Waals surface area (Å²) in [6.07, 6.45) is 5.52. The number of anilines is 1. The number of nitrogens with two attached hydrogens (primary N) is 1. The van der Waals surface area contributed by atoms with Crippen LogP contribution in [0.2, 0.25) is 0 Å². The lowest BCUT2D eigenvalue weighted by Crippen LogP contribution is -2.40. The highest BCUT2D eigenvalue weighted by atomic mass is 15.3. The maximum absolute atomic E-state index is 5.65. The molecule has 0 spiro atoms. The van der Waals surface area contributed by atoms with E-state index in [2.05, 4.69) is 34.1 Å². The molecule has 1 atom stereocenters. The fraction of sp³-hybridized carbons (Fsp3) is 0.625. The lowest BCUT2D eigenvalue weighted by atomic mass is 10.1. The highest BCUT2D eigenvalue weighted by Crippen LogP contribution is 2.25. The Morgan fingerprint density at radius 3 is 2.42 bits per heavy atom. The summed E-state index contributed by atoms with van der Waals surface area (Å²) in [4.78, 5) is 5.23. The summed E-state index contributed by atoms with van der Waals surface area (Å²) in [5.74, 6) is 0. The molecule has 0 aliphatic carbocycles. The van der Waals surface area contributed by atoms with Gasteiger partial charge in [0.2, 0.25) is 0 Å². The van der Waals surface area contributed by atoms with Crippen LogP contribution in [0.25, 0.3) is 0 Å². The number of hydrogen-bond donors (Lipinski definition) is 1. The minimum Gasteiger partial charge on any atom is -0.370 e. The van der Waals surface area contributed by atoms with Crippen molar-refractivity contribution < 1.29 is 0 Å². The van der Waals surface area contributed by atoms with Crippen molar-refractivity contribution >= 4 is 5.69 Å². The quantitative estimate of drug-likeness (QED) is 0.903. The molecule has 2 heterocycles. The first kappa shape index (κ1) is 12.9. The predicted molar refractivity (Wildman–Crippen MR) is 80.4 cm³/mol. The third-order valence-corrected chi connectivity index (χ3v) is 4.61. The van der Waals surface area contributed by atoms with Gasteiger partial charge in [0.15, 0.2) is 0 Å². The molecule has 1 unspecified atom stereocenters. The van der Waals surface area contributed by atoms with Crippen LogP contribution in [0.3, 0.4) is 0 Å². The second-order valence-electron chi connectivity index (χ2n) is 5.86. The molecule has 2 aliphatic rings. The normalized spacial score (nSPS) is 24.9. The van der Waals surface area contributed by atoms with E-state index in [0.717, 1.165) is 6.04 Å². The molecule has 0 bridgehead atoms. The van der Waals surface area contributed by atoms with Crippen molar-refractivity contribution in [1.29, 1.82) is 0 Å². The highest BCUT2D eigenvalue weighted by Gasteiger charge is 2.28. The van der Waals surface area contributed by atoms with E-state index < -0.39 is 0 Å². The summed E-state index contributed by atoms with van der Waals surface area (Å²) in [5.41, 5.74) is 8.23. The Bertz CT molecular complexity index is 395. The van der Waals surface area contributed by atoms with Crippen LogP contribution in [0.1, 0.15) is 31.2 Å². The molecule has 2 fully saturated rings. The zero-order chi connectivity index (χ0) is 13.1. The summed E-state index contributed by atoms with van der Waals surface area (Å²) >= 11 is 0. The fourth-order valence-corrected chi connectivity index (χ4v) is 3.40. The molecule has 3 rings (SSSR count). The van der Waals surface area contributed by atoms with Crippen molar-refractivity contribution in [2.45, 2.75) is 38.3 Å². The fourth-order valence-electron chi connectivity index (χ4n) is 3.40. The third kappa shape index (κ3) is 2.93. The molecular formula is C16H25N3. The molecule has 2 saturated heterocycles. The summed E-state index contributed by atoms with van der Waals surface area (Å²) in [5, 5.41) is 0. The van der Waals surface area contributed by atoms with Crippen molar-refractivity contribution in [1.82, 2.24) is 4.90 Å². The largest absolute Gasteiger partial charge is 0.370 e. The van der Waals surface area contributed by atoms with Gasteiger partial charge in [-0.1, -0.05) is 18.6 Å². The van der Waals surface area contributed by atoms with E-state index in [-0.39, 0.29) is 0 Å². The summed E-state index contributed by atoms with van der Waals surface area (Å²) in [6, 6.07) is 9.53. The van der Waals surface area contributed by atoms with Crippen LogP contribution >= 0.6 is 0 Å². The minimum atomic E-state index is 0.636. The zero-order valence-electron chi connectivity index (χ0n) is 11.7. The minimum absolute atomic E-state index is 0.636. The molecule has 1 aromatic rings. The SMILES string of the molecule is NCc1ccc(N2CCC(N3CCCCC3)C2)cc1. The Kier molecular flexibility index (Phi) is 4.04. The van der Waals surface area contributed by atoms with Gasteiger partial charge in [-0.15, -0.1) is 0 Å². The molecule has 2 aliphatic heterocycles. The van der Waals surface area contributed by atoms with Crippen LogP contribution in [0, 0.1) is 0 Å². The first-order valence-corrected chi connectivity index (χ1v) is 7.65. The molecule has 3 nitrogen and oxygen atoms in total. The van der Waals surface area contributed by atoms with Gasteiger partial charge in [-0.3, -0.25) is 4.90 Å². The van der Waals surface area contributed by atoms with E-state index in [0.29, 0.717) is 6.54 Å². The van der Waals surface area contributed by atoms with Crippen LogP contribution in [0.15, 0.2) is 24.3 Å². The van der Waals surface area contributed by atoms with Gasteiger partial charge in [0.05, 0.1) is 0 Å². The van der Waals surface area contributed by atoms with Crippen LogP contribution in [0.4, 0.5) is 5.69 Å². The molecule has 1 aromatic carbocycles. The lowest BCUT2D eigenvalue weighted by molar-refractivity contribution is 0.175. The van der Waals surface area contributed by atoms with E-state index in [9.17, 15) is 0 Å². The average molecular weight is 259 g/mol. The second-order valence-corrected chi connectivity index (χ2v) is 5.86. The predicted octanol–water partition coefficient (Wildman–Crippen LogP) is 2.21. The van der Waals surface area contributed by atoms with Gasteiger partial charge in [-0.05, 0) is 50.0 Å². The Hall–Kier alpha value is -1.06. The molecule has 104 valence electrons. The Balaban J connectivity index is 1.61. The third-order valence-electron chi connectivity index (χ3n) is 4.61. The zero-order valence-corrected chi connectivity index (χ0v) is 11.7. The Labute approximate surface area is 116 Å². The molecule has 0 aromatic heterocycles. The summed E-state index contributed by atoms with van der Waals surface area (Å²) in [6.45, 7) is 5.65. The Morgan fingerprint density at radius 2 is 1.74 bits per heavy atom. The van der Waals surface area contributed by atoms with Crippen LogP contribution in [0.5, 0.6) is 0 Å². The number of rotatable bonds is 3. The average Bonchev–Trinajstić information content (AvgIpc) is 2.98. The molecule has 0 saturated carbocycles. The van der Waals surface area contributed by atoms with E-state index in [1.165, 1.54) is 63.1 Å².